The van der Waals surface area contributed by atoms with E-state index in [1.807, 2.05) is 0 Å². The molecule has 1 saturated heterocycles. The fourth-order valence-corrected chi connectivity index (χ4v) is 4.28. The molecule has 0 radical (unpaired) electrons. The smallest absolute Gasteiger partial charge is 0.244 e. The fourth-order valence-electron chi connectivity index (χ4n) is 2.34. The van der Waals surface area contributed by atoms with E-state index in [1.54, 1.807) is 22.6 Å². The number of rotatable bonds is 4. The van der Waals surface area contributed by atoms with Crippen LogP contribution in [0.4, 0.5) is 0 Å². The first kappa shape index (κ1) is 13.8. The van der Waals surface area contributed by atoms with Crippen molar-refractivity contribution in [3.63, 3.8) is 0 Å². The second kappa shape index (κ2) is 5.99. The van der Waals surface area contributed by atoms with E-state index in [-0.39, 0.29) is 10.9 Å². The molecule has 0 bridgehead atoms. The Morgan fingerprint density at radius 1 is 1.44 bits per heavy atom. The van der Waals surface area contributed by atoms with Gasteiger partial charge in [0.2, 0.25) is 10.0 Å². The van der Waals surface area contributed by atoms with Crippen molar-refractivity contribution in [2.75, 3.05) is 12.4 Å². The van der Waals surface area contributed by atoms with Crippen LogP contribution in [-0.4, -0.2) is 36.2 Å². The van der Waals surface area contributed by atoms with Crippen molar-refractivity contribution in [1.82, 2.24) is 9.29 Å². The molecule has 0 saturated carbocycles. The van der Waals surface area contributed by atoms with Gasteiger partial charge < -0.3 is 0 Å². The lowest BCUT2D eigenvalue weighted by atomic mass is 10.0. The van der Waals surface area contributed by atoms with Gasteiger partial charge in [0, 0.05) is 30.9 Å². The lowest BCUT2D eigenvalue weighted by Gasteiger charge is -2.34. The summed E-state index contributed by atoms with van der Waals surface area (Å²) in [6, 6.07) is 3.27. The van der Waals surface area contributed by atoms with Crippen LogP contribution in [0.3, 0.4) is 0 Å². The van der Waals surface area contributed by atoms with Crippen LogP contribution in [0.5, 0.6) is 0 Å². The summed E-state index contributed by atoms with van der Waals surface area (Å²) in [6.07, 6.45) is 6.57. The maximum absolute atomic E-state index is 12.5. The van der Waals surface area contributed by atoms with Crippen LogP contribution in [-0.2, 0) is 10.0 Å². The number of piperidine rings is 1. The zero-order valence-corrected chi connectivity index (χ0v) is 11.7. The minimum Gasteiger partial charge on any atom is -0.263 e. The second-order valence-electron chi connectivity index (χ2n) is 4.43. The van der Waals surface area contributed by atoms with E-state index in [2.05, 4.69) is 4.98 Å². The Bertz CT molecular complexity index is 476. The Balaban J connectivity index is 2.27. The molecule has 0 amide bonds. The van der Waals surface area contributed by atoms with E-state index < -0.39 is 10.0 Å². The number of hydrogen-bond acceptors (Lipinski definition) is 3. The molecule has 0 N–H and O–H groups in total. The molecular weight excluding hydrogens is 272 g/mol. The highest BCUT2D eigenvalue weighted by molar-refractivity contribution is 7.89. The summed E-state index contributed by atoms with van der Waals surface area (Å²) in [4.78, 5) is 4.15. The summed E-state index contributed by atoms with van der Waals surface area (Å²) in [5.74, 6) is 0.490. The van der Waals surface area contributed by atoms with Crippen LogP contribution in [0.15, 0.2) is 29.4 Å². The van der Waals surface area contributed by atoms with Crippen LogP contribution in [0.25, 0.3) is 0 Å². The second-order valence-corrected chi connectivity index (χ2v) is 6.70. The first-order valence-electron chi connectivity index (χ1n) is 6.14. The zero-order valence-electron chi connectivity index (χ0n) is 10.1. The Morgan fingerprint density at radius 2 is 2.28 bits per heavy atom. The van der Waals surface area contributed by atoms with Crippen molar-refractivity contribution in [1.29, 1.82) is 0 Å². The Hall–Kier alpha value is -0.650. The molecule has 18 heavy (non-hydrogen) atoms. The fraction of sp³-hybridized carbons (Fsp3) is 0.583. The molecule has 1 aliphatic rings. The normalized spacial score (nSPS) is 21.9. The maximum atomic E-state index is 12.5. The minimum atomic E-state index is -3.42. The van der Waals surface area contributed by atoms with Crippen molar-refractivity contribution in [3.8, 4) is 0 Å². The lowest BCUT2D eigenvalue weighted by molar-refractivity contribution is 0.247. The molecule has 0 aromatic carbocycles. The highest BCUT2D eigenvalue weighted by Crippen LogP contribution is 2.26. The first-order chi connectivity index (χ1) is 8.66. The van der Waals surface area contributed by atoms with Crippen molar-refractivity contribution >= 4 is 21.6 Å². The quantitative estimate of drug-likeness (QED) is 0.799. The van der Waals surface area contributed by atoms with Gasteiger partial charge in [-0.05, 0) is 31.4 Å². The molecule has 1 aromatic rings. The number of hydrogen-bond donors (Lipinski definition) is 0. The predicted molar refractivity (Wildman–Crippen MR) is 71.1 cm³/mol. The SMILES string of the molecule is O=S(=O)(c1cccnc1)N1CCCCC1CCCl. The molecule has 6 heteroatoms. The average molecular weight is 289 g/mol. The van der Waals surface area contributed by atoms with Crippen molar-refractivity contribution in [2.24, 2.45) is 0 Å². The van der Waals surface area contributed by atoms with E-state index in [4.69, 9.17) is 11.6 Å². The van der Waals surface area contributed by atoms with Gasteiger partial charge in [-0.25, -0.2) is 8.42 Å². The van der Waals surface area contributed by atoms with Gasteiger partial charge in [0.15, 0.2) is 0 Å². The van der Waals surface area contributed by atoms with E-state index in [0.717, 1.165) is 19.3 Å². The molecule has 1 fully saturated rings. The standard InChI is InChI=1S/C12H17ClN2O2S/c13-7-6-11-4-1-2-9-15(11)18(16,17)12-5-3-8-14-10-12/h3,5,8,10-11H,1-2,4,6-7,9H2. The largest absolute Gasteiger partial charge is 0.263 e. The highest BCUT2D eigenvalue weighted by atomic mass is 35.5. The molecule has 0 aliphatic carbocycles. The third-order valence-electron chi connectivity index (χ3n) is 3.26. The number of pyridine rings is 1. The molecule has 2 heterocycles. The summed E-state index contributed by atoms with van der Waals surface area (Å²) in [5.41, 5.74) is 0. The predicted octanol–water partition coefficient (Wildman–Crippen LogP) is 2.25. The van der Waals surface area contributed by atoms with Gasteiger partial charge in [-0.15, -0.1) is 11.6 Å². The summed E-state index contributed by atoms with van der Waals surface area (Å²) < 4.78 is 26.6. The van der Waals surface area contributed by atoms with Crippen LogP contribution in [0.1, 0.15) is 25.7 Å². The van der Waals surface area contributed by atoms with Crippen molar-refractivity contribution < 1.29 is 8.42 Å². The molecule has 4 nitrogen and oxygen atoms in total. The van der Waals surface area contributed by atoms with Gasteiger partial charge in [-0.1, -0.05) is 6.42 Å². The highest BCUT2D eigenvalue weighted by Gasteiger charge is 2.32. The van der Waals surface area contributed by atoms with Gasteiger partial charge in [-0.3, -0.25) is 4.98 Å². The van der Waals surface area contributed by atoms with E-state index in [0.29, 0.717) is 18.8 Å². The van der Waals surface area contributed by atoms with Crippen molar-refractivity contribution in [2.45, 2.75) is 36.6 Å². The van der Waals surface area contributed by atoms with E-state index in [9.17, 15) is 8.42 Å². The van der Waals surface area contributed by atoms with Gasteiger partial charge in [-0.2, -0.15) is 4.31 Å². The summed E-state index contributed by atoms with van der Waals surface area (Å²) in [5, 5.41) is 0. The summed E-state index contributed by atoms with van der Waals surface area (Å²) in [7, 11) is -3.42. The average Bonchev–Trinajstić information content (AvgIpc) is 2.41. The molecule has 1 aliphatic heterocycles. The molecule has 100 valence electrons. The molecular formula is C12H17ClN2O2S. The Morgan fingerprint density at radius 3 is 2.94 bits per heavy atom. The molecule has 1 atom stereocenters. The number of sulfonamides is 1. The maximum Gasteiger partial charge on any atom is 0.244 e. The summed E-state index contributed by atoms with van der Waals surface area (Å²) >= 11 is 5.76. The lowest BCUT2D eigenvalue weighted by Crippen LogP contribution is -2.43. The number of aromatic nitrogens is 1. The van der Waals surface area contributed by atoms with Crippen LogP contribution >= 0.6 is 11.6 Å². The molecule has 0 spiro atoms. The van der Waals surface area contributed by atoms with E-state index >= 15 is 0 Å². The van der Waals surface area contributed by atoms with Gasteiger partial charge in [0.25, 0.3) is 0 Å². The number of nitrogens with zero attached hydrogens (tertiary/aromatic N) is 2. The Kier molecular flexibility index (Phi) is 4.59. The first-order valence-corrected chi connectivity index (χ1v) is 8.11. The van der Waals surface area contributed by atoms with E-state index in [1.165, 1.54) is 6.20 Å². The topological polar surface area (TPSA) is 50.3 Å². The Labute approximate surface area is 113 Å². The monoisotopic (exact) mass is 288 g/mol. The van der Waals surface area contributed by atoms with Crippen molar-refractivity contribution in [3.05, 3.63) is 24.5 Å². The van der Waals surface area contributed by atoms with Gasteiger partial charge >= 0.3 is 0 Å². The van der Waals surface area contributed by atoms with Gasteiger partial charge in [0.05, 0.1) is 0 Å². The molecule has 1 unspecified atom stereocenters. The van der Waals surface area contributed by atoms with Gasteiger partial charge in [0.1, 0.15) is 4.90 Å². The molecule has 2 rings (SSSR count). The molecule has 1 aromatic heterocycles. The third-order valence-corrected chi connectivity index (χ3v) is 5.41. The van der Waals surface area contributed by atoms with Crippen LogP contribution in [0, 0.1) is 0 Å². The number of halogens is 1. The number of alkyl halides is 1. The third kappa shape index (κ3) is 2.84. The van der Waals surface area contributed by atoms with Crippen LogP contribution in [0.2, 0.25) is 0 Å². The summed E-state index contributed by atoms with van der Waals surface area (Å²) in [6.45, 7) is 0.582. The minimum absolute atomic E-state index is 0.0291. The zero-order chi connectivity index (χ0) is 13.0. The van der Waals surface area contributed by atoms with Crippen LogP contribution < -0.4 is 0 Å².